The predicted octanol–water partition coefficient (Wildman–Crippen LogP) is -2.56. The quantitative estimate of drug-likeness (QED) is 0.305. The van der Waals surface area contributed by atoms with Crippen LogP contribution in [0.25, 0.3) is 0 Å². The van der Waals surface area contributed by atoms with E-state index in [4.69, 9.17) is 15.3 Å². The van der Waals surface area contributed by atoms with Gasteiger partial charge in [0, 0.05) is 6.42 Å². The van der Waals surface area contributed by atoms with Gasteiger partial charge >= 0.3 is 23.9 Å². The largest absolute Gasteiger partial charge is 0.479 e. The molecule has 0 amide bonds. The summed E-state index contributed by atoms with van der Waals surface area (Å²) in [5, 5.41) is 25.5. The Morgan fingerprint density at radius 3 is 1.90 bits per heavy atom. The van der Waals surface area contributed by atoms with Crippen LogP contribution in [-0.2, 0) is 33.4 Å². The van der Waals surface area contributed by atoms with Gasteiger partial charge in [-0.3, -0.25) is 0 Å². The molecule has 1 atom stereocenters. The number of carbonyl (C=O) groups is 4. The maximum Gasteiger partial charge on any atom is 0.344 e. The van der Waals surface area contributed by atoms with Gasteiger partial charge in [0.1, 0.15) is 6.61 Å². The molecular weight excluding hydrogens is 280 g/mol. The Kier molecular flexibility index (Phi) is 8.63. The van der Waals surface area contributed by atoms with Gasteiger partial charge in [0.05, 0.1) is 6.61 Å². The molecule has 0 rings (SSSR count). The van der Waals surface area contributed by atoms with Crippen molar-refractivity contribution < 1.29 is 48.7 Å². The van der Waals surface area contributed by atoms with Crippen LogP contribution in [0.2, 0.25) is 0 Å². The molecule has 0 aromatic rings. The number of esters is 3. The van der Waals surface area contributed by atoms with Crippen molar-refractivity contribution in [2.24, 2.45) is 0 Å². The molecule has 1 unspecified atom stereocenters. The Morgan fingerprint density at radius 1 is 0.900 bits per heavy atom. The summed E-state index contributed by atoms with van der Waals surface area (Å²) in [6, 6.07) is 0. The molecule has 0 aliphatic carbocycles. The van der Waals surface area contributed by atoms with Crippen LogP contribution in [0.1, 0.15) is 6.42 Å². The summed E-state index contributed by atoms with van der Waals surface area (Å²) in [7, 11) is 0. The molecule has 10 heteroatoms. The van der Waals surface area contributed by atoms with Gasteiger partial charge in [-0.05, 0) is 0 Å². The normalized spacial score (nSPS) is 11.3. The summed E-state index contributed by atoms with van der Waals surface area (Å²) in [6.45, 7) is -2.76. The van der Waals surface area contributed by atoms with Crippen molar-refractivity contribution in [3.05, 3.63) is 0 Å². The Morgan fingerprint density at radius 2 is 1.40 bits per heavy atom. The zero-order valence-corrected chi connectivity index (χ0v) is 10.3. The summed E-state index contributed by atoms with van der Waals surface area (Å²) < 4.78 is 13.0. The monoisotopic (exact) mass is 294 g/mol. The van der Waals surface area contributed by atoms with Gasteiger partial charge in [-0.2, -0.15) is 0 Å². The Bertz CT molecular complexity index is 363. The highest BCUT2D eigenvalue weighted by Gasteiger charge is 2.15. The zero-order chi connectivity index (χ0) is 15.5. The minimum Gasteiger partial charge on any atom is -0.479 e. The smallest absolute Gasteiger partial charge is 0.344 e. The zero-order valence-electron chi connectivity index (χ0n) is 10.3. The number of carbonyl (C=O) groups excluding carboxylic acids is 3. The lowest BCUT2D eigenvalue weighted by Crippen LogP contribution is -2.24. The van der Waals surface area contributed by atoms with Crippen LogP contribution in [0.3, 0.4) is 0 Å². The van der Waals surface area contributed by atoms with Crippen molar-refractivity contribution in [3.8, 4) is 0 Å². The van der Waals surface area contributed by atoms with E-state index in [2.05, 4.69) is 14.2 Å². The third-order valence-electron chi connectivity index (χ3n) is 1.77. The number of aliphatic carboxylic acids is 1. The van der Waals surface area contributed by atoms with E-state index >= 15 is 0 Å². The lowest BCUT2D eigenvalue weighted by molar-refractivity contribution is -0.166. The van der Waals surface area contributed by atoms with Crippen molar-refractivity contribution in [2.75, 3.05) is 26.4 Å². The van der Waals surface area contributed by atoms with E-state index in [9.17, 15) is 19.2 Å². The molecule has 0 heterocycles. The molecule has 0 saturated heterocycles. The van der Waals surface area contributed by atoms with E-state index in [1.54, 1.807) is 0 Å². The van der Waals surface area contributed by atoms with Gasteiger partial charge in [-0.1, -0.05) is 0 Å². The Labute approximate surface area is 112 Å². The summed E-state index contributed by atoms with van der Waals surface area (Å²) in [5.41, 5.74) is 0. The first kappa shape index (κ1) is 17.8. The van der Waals surface area contributed by atoms with Crippen LogP contribution in [0, 0.1) is 0 Å². The van der Waals surface area contributed by atoms with Crippen LogP contribution >= 0.6 is 0 Å². The van der Waals surface area contributed by atoms with Crippen molar-refractivity contribution in [2.45, 2.75) is 12.5 Å². The lowest BCUT2D eigenvalue weighted by atomic mass is 10.3. The second kappa shape index (κ2) is 9.69. The molecule has 0 aliphatic rings. The van der Waals surface area contributed by atoms with Gasteiger partial charge in [0.15, 0.2) is 19.3 Å². The summed E-state index contributed by atoms with van der Waals surface area (Å²) in [4.78, 5) is 42.6. The second-order valence-electron chi connectivity index (χ2n) is 3.34. The first-order valence-corrected chi connectivity index (χ1v) is 5.35. The van der Waals surface area contributed by atoms with E-state index < -0.39 is 49.8 Å². The second-order valence-corrected chi connectivity index (χ2v) is 3.34. The molecule has 0 spiro atoms. The molecule has 0 aromatic heterocycles. The number of hydrogen-bond donors (Lipinski definition) is 3. The third kappa shape index (κ3) is 8.83. The van der Waals surface area contributed by atoms with E-state index in [-0.39, 0.29) is 13.0 Å². The average Bonchev–Trinajstić information content (AvgIpc) is 2.41. The maximum atomic E-state index is 11.0. The summed E-state index contributed by atoms with van der Waals surface area (Å²) in [6.07, 6.45) is -1.95. The molecule has 0 aromatic carbocycles. The Balaban J connectivity index is 3.69. The van der Waals surface area contributed by atoms with Gasteiger partial charge in [0.2, 0.25) is 0 Å². The first-order chi connectivity index (χ1) is 9.36. The highest BCUT2D eigenvalue weighted by Crippen LogP contribution is 1.94. The molecule has 3 N–H and O–H groups in total. The average molecular weight is 294 g/mol. The van der Waals surface area contributed by atoms with Gasteiger partial charge in [0.25, 0.3) is 0 Å². The number of aliphatic hydroxyl groups is 2. The predicted molar refractivity (Wildman–Crippen MR) is 58.2 cm³/mol. The summed E-state index contributed by atoms with van der Waals surface area (Å²) in [5.74, 6) is -4.44. The molecular formula is C10H14O10. The highest BCUT2D eigenvalue weighted by molar-refractivity contribution is 5.79. The fourth-order valence-electron chi connectivity index (χ4n) is 0.816. The number of rotatable bonds is 9. The van der Waals surface area contributed by atoms with E-state index in [1.165, 1.54) is 0 Å². The maximum absolute atomic E-state index is 11.0. The highest BCUT2D eigenvalue weighted by atomic mass is 16.6. The number of hydrogen-bond acceptors (Lipinski definition) is 9. The number of aliphatic hydroxyl groups excluding tert-OH is 2. The molecule has 10 nitrogen and oxygen atoms in total. The van der Waals surface area contributed by atoms with Gasteiger partial charge in [-0.25, -0.2) is 19.2 Å². The van der Waals surface area contributed by atoms with Crippen LogP contribution in [-0.4, -0.2) is 71.7 Å². The summed E-state index contributed by atoms with van der Waals surface area (Å²) >= 11 is 0. The van der Waals surface area contributed by atoms with Crippen LogP contribution < -0.4 is 0 Å². The molecule has 0 bridgehead atoms. The van der Waals surface area contributed by atoms with Crippen LogP contribution in [0.15, 0.2) is 0 Å². The van der Waals surface area contributed by atoms with Crippen molar-refractivity contribution in [1.29, 1.82) is 0 Å². The molecule has 0 radical (unpaired) electrons. The van der Waals surface area contributed by atoms with Crippen molar-refractivity contribution >= 4 is 23.9 Å². The third-order valence-corrected chi connectivity index (χ3v) is 1.77. The molecule has 0 aliphatic heterocycles. The van der Waals surface area contributed by atoms with Crippen LogP contribution in [0.4, 0.5) is 0 Å². The van der Waals surface area contributed by atoms with Crippen LogP contribution in [0.5, 0.6) is 0 Å². The number of carboxylic acids is 1. The van der Waals surface area contributed by atoms with E-state index in [0.717, 1.165) is 0 Å². The number of carboxylic acid groups (broad SMARTS) is 1. The standard InChI is InChI=1S/C10H14O10/c11-3-7(13)19-5-9(15)20-4-8(14)18-2-1-6(12)10(16)17/h6,11-12H,1-5H2,(H,16,17). The topological polar surface area (TPSA) is 157 Å². The fraction of sp³-hybridized carbons (Fsp3) is 0.600. The van der Waals surface area contributed by atoms with Crippen molar-refractivity contribution in [3.63, 3.8) is 0 Å². The SMILES string of the molecule is O=C(CO)OCC(=O)OCC(=O)OCCC(O)C(=O)O. The minimum atomic E-state index is -1.65. The van der Waals surface area contributed by atoms with Crippen molar-refractivity contribution in [1.82, 2.24) is 0 Å². The minimum absolute atomic E-state index is 0.302. The molecule has 20 heavy (non-hydrogen) atoms. The molecule has 114 valence electrons. The van der Waals surface area contributed by atoms with Gasteiger partial charge < -0.3 is 29.5 Å². The first-order valence-electron chi connectivity index (χ1n) is 5.35. The Hall–Kier alpha value is -2.20. The molecule has 0 fully saturated rings. The number of ether oxygens (including phenoxy) is 3. The lowest BCUT2D eigenvalue weighted by Gasteiger charge is -2.07. The van der Waals surface area contributed by atoms with Gasteiger partial charge in [-0.15, -0.1) is 0 Å². The fourth-order valence-corrected chi connectivity index (χ4v) is 0.816. The van der Waals surface area contributed by atoms with E-state index in [0.29, 0.717) is 0 Å². The van der Waals surface area contributed by atoms with E-state index in [1.807, 2.05) is 0 Å². The molecule has 0 saturated carbocycles.